The van der Waals surface area contributed by atoms with Crippen LogP contribution in [0.3, 0.4) is 0 Å². The summed E-state index contributed by atoms with van der Waals surface area (Å²) in [5.41, 5.74) is 8.52. The van der Waals surface area contributed by atoms with Crippen LogP contribution in [-0.4, -0.2) is 22.0 Å². The lowest BCUT2D eigenvalue weighted by molar-refractivity contribution is 0.249. The number of hydrogen-bond donors (Lipinski definition) is 4. The number of nitrogens with one attached hydrogen (secondary N) is 1. The van der Waals surface area contributed by atoms with E-state index in [2.05, 4.69) is 10.5 Å². The first-order chi connectivity index (χ1) is 9.58. The summed E-state index contributed by atoms with van der Waals surface area (Å²) < 4.78 is 0. The van der Waals surface area contributed by atoms with Gasteiger partial charge >= 0.3 is 6.03 Å². The van der Waals surface area contributed by atoms with E-state index < -0.39 is 6.03 Å². The third kappa shape index (κ3) is 3.05. The van der Waals surface area contributed by atoms with Crippen molar-refractivity contribution in [3.8, 4) is 11.5 Å². The van der Waals surface area contributed by atoms with Gasteiger partial charge in [0.1, 0.15) is 17.2 Å². The third-order valence-corrected chi connectivity index (χ3v) is 2.56. The summed E-state index contributed by atoms with van der Waals surface area (Å²) in [6.45, 7) is 0. The minimum Gasteiger partial charge on any atom is -0.508 e. The van der Waals surface area contributed by atoms with Gasteiger partial charge in [-0.05, 0) is 12.1 Å². The van der Waals surface area contributed by atoms with Gasteiger partial charge in [-0.2, -0.15) is 5.10 Å². The number of phenols is 2. The fourth-order valence-electron chi connectivity index (χ4n) is 1.71. The van der Waals surface area contributed by atoms with E-state index in [0.717, 1.165) is 0 Å². The summed E-state index contributed by atoms with van der Waals surface area (Å²) in [4.78, 5) is 10.8. The monoisotopic (exact) mass is 271 g/mol. The zero-order chi connectivity index (χ0) is 14.5. The molecule has 0 fully saturated rings. The summed E-state index contributed by atoms with van der Waals surface area (Å²) in [5, 5.41) is 23.1. The van der Waals surface area contributed by atoms with Crippen LogP contribution in [0.25, 0.3) is 0 Å². The maximum atomic E-state index is 10.8. The number of nitrogens with two attached hydrogens (primary N) is 1. The number of amides is 2. The van der Waals surface area contributed by atoms with Crippen molar-refractivity contribution in [2.75, 3.05) is 0 Å². The summed E-state index contributed by atoms with van der Waals surface area (Å²) in [7, 11) is 0. The SMILES string of the molecule is NC(=O)NN=C(c1ccccc1)c1ccc(O)cc1O. The van der Waals surface area contributed by atoms with Gasteiger partial charge in [-0.25, -0.2) is 10.2 Å². The maximum absolute atomic E-state index is 10.8. The molecule has 0 atom stereocenters. The van der Waals surface area contributed by atoms with Crippen molar-refractivity contribution in [2.45, 2.75) is 0 Å². The Morgan fingerprint density at radius 3 is 2.40 bits per heavy atom. The van der Waals surface area contributed by atoms with E-state index in [-0.39, 0.29) is 11.5 Å². The molecule has 5 N–H and O–H groups in total. The molecule has 0 aliphatic carbocycles. The van der Waals surface area contributed by atoms with E-state index in [1.165, 1.54) is 18.2 Å². The quantitative estimate of drug-likeness (QED) is 0.502. The molecule has 2 rings (SSSR count). The maximum Gasteiger partial charge on any atom is 0.332 e. The van der Waals surface area contributed by atoms with E-state index in [1.807, 2.05) is 6.07 Å². The van der Waals surface area contributed by atoms with Gasteiger partial charge in [-0.3, -0.25) is 0 Å². The van der Waals surface area contributed by atoms with Crippen molar-refractivity contribution in [1.82, 2.24) is 5.43 Å². The second-order valence-corrected chi connectivity index (χ2v) is 4.00. The number of benzene rings is 2. The largest absolute Gasteiger partial charge is 0.508 e. The normalized spacial score (nSPS) is 11.1. The Hall–Kier alpha value is -3.02. The number of hydrazone groups is 1. The molecule has 0 saturated carbocycles. The molecule has 0 unspecified atom stereocenters. The Morgan fingerprint density at radius 1 is 1.10 bits per heavy atom. The number of nitrogens with zero attached hydrogens (tertiary/aromatic N) is 1. The van der Waals surface area contributed by atoms with Gasteiger partial charge in [0.15, 0.2) is 0 Å². The van der Waals surface area contributed by atoms with Gasteiger partial charge in [-0.1, -0.05) is 30.3 Å². The van der Waals surface area contributed by atoms with E-state index >= 15 is 0 Å². The van der Waals surface area contributed by atoms with Crippen LogP contribution >= 0.6 is 0 Å². The third-order valence-electron chi connectivity index (χ3n) is 2.56. The van der Waals surface area contributed by atoms with Crippen molar-refractivity contribution in [3.63, 3.8) is 0 Å². The standard InChI is InChI=1S/C14H13N3O3/c15-14(20)17-16-13(9-4-2-1-3-5-9)11-7-6-10(18)8-12(11)19/h1-8,18-19H,(H3,15,17,20). The predicted molar refractivity (Wildman–Crippen MR) is 74.6 cm³/mol. The van der Waals surface area contributed by atoms with Crippen molar-refractivity contribution in [2.24, 2.45) is 10.8 Å². The Bertz CT molecular complexity index is 654. The molecule has 0 aromatic heterocycles. The van der Waals surface area contributed by atoms with E-state index in [1.54, 1.807) is 24.3 Å². The van der Waals surface area contributed by atoms with Crippen LogP contribution in [-0.2, 0) is 0 Å². The van der Waals surface area contributed by atoms with Crippen LogP contribution in [0.4, 0.5) is 4.79 Å². The molecule has 0 aliphatic rings. The first-order valence-corrected chi connectivity index (χ1v) is 5.79. The van der Waals surface area contributed by atoms with Gasteiger partial charge < -0.3 is 15.9 Å². The molecule has 102 valence electrons. The minimum absolute atomic E-state index is 0.0680. The first-order valence-electron chi connectivity index (χ1n) is 5.79. The van der Waals surface area contributed by atoms with Gasteiger partial charge in [0, 0.05) is 17.2 Å². The smallest absolute Gasteiger partial charge is 0.332 e. The molecule has 0 heterocycles. The molecule has 2 aromatic carbocycles. The Labute approximate surface area is 115 Å². The fourth-order valence-corrected chi connectivity index (χ4v) is 1.71. The van der Waals surface area contributed by atoms with Crippen LogP contribution in [0, 0.1) is 0 Å². The highest BCUT2D eigenvalue weighted by molar-refractivity contribution is 6.14. The average molecular weight is 271 g/mol. The van der Waals surface area contributed by atoms with E-state index in [9.17, 15) is 15.0 Å². The number of urea groups is 1. The molecular weight excluding hydrogens is 258 g/mol. The Balaban J connectivity index is 2.52. The van der Waals surface area contributed by atoms with Crippen LogP contribution in [0.5, 0.6) is 11.5 Å². The number of hydrogen-bond acceptors (Lipinski definition) is 4. The van der Waals surface area contributed by atoms with E-state index in [0.29, 0.717) is 16.8 Å². The van der Waals surface area contributed by atoms with Crippen LogP contribution in [0.15, 0.2) is 53.6 Å². The van der Waals surface area contributed by atoms with Gasteiger partial charge in [-0.15, -0.1) is 0 Å². The molecule has 0 bridgehead atoms. The van der Waals surface area contributed by atoms with Crippen LogP contribution < -0.4 is 11.2 Å². The lowest BCUT2D eigenvalue weighted by Crippen LogP contribution is -2.26. The lowest BCUT2D eigenvalue weighted by atomic mass is 10.0. The van der Waals surface area contributed by atoms with Crippen molar-refractivity contribution < 1.29 is 15.0 Å². The summed E-state index contributed by atoms with van der Waals surface area (Å²) in [6, 6.07) is 12.3. The highest BCUT2D eigenvalue weighted by atomic mass is 16.3. The number of primary amides is 1. The van der Waals surface area contributed by atoms with Crippen molar-refractivity contribution in [1.29, 1.82) is 0 Å². The zero-order valence-corrected chi connectivity index (χ0v) is 10.4. The lowest BCUT2D eigenvalue weighted by Gasteiger charge is -2.09. The predicted octanol–water partition coefficient (Wildman–Crippen LogP) is 1.52. The molecule has 6 nitrogen and oxygen atoms in total. The van der Waals surface area contributed by atoms with E-state index in [4.69, 9.17) is 5.73 Å². The molecule has 0 spiro atoms. The van der Waals surface area contributed by atoms with Crippen LogP contribution in [0.1, 0.15) is 11.1 Å². The average Bonchev–Trinajstić information content (AvgIpc) is 2.42. The summed E-state index contributed by atoms with van der Waals surface area (Å²) >= 11 is 0. The number of carbonyl (C=O) groups excluding carboxylic acids is 1. The Kier molecular flexibility index (Phi) is 3.85. The zero-order valence-electron chi connectivity index (χ0n) is 10.4. The second kappa shape index (κ2) is 5.75. The summed E-state index contributed by atoms with van der Waals surface area (Å²) in [5.74, 6) is -0.222. The number of aromatic hydroxyl groups is 2. The van der Waals surface area contributed by atoms with Gasteiger partial charge in [0.05, 0.1) is 0 Å². The van der Waals surface area contributed by atoms with Gasteiger partial charge in [0.2, 0.25) is 0 Å². The molecule has 20 heavy (non-hydrogen) atoms. The summed E-state index contributed by atoms with van der Waals surface area (Å²) in [6.07, 6.45) is 0. The molecule has 0 aliphatic heterocycles. The minimum atomic E-state index is -0.809. The second-order valence-electron chi connectivity index (χ2n) is 4.00. The first kappa shape index (κ1) is 13.4. The Morgan fingerprint density at radius 2 is 1.80 bits per heavy atom. The number of carbonyl (C=O) groups is 1. The van der Waals surface area contributed by atoms with Gasteiger partial charge in [0.25, 0.3) is 0 Å². The highest BCUT2D eigenvalue weighted by Crippen LogP contribution is 2.25. The number of phenolic OH excluding ortho intramolecular Hbond substituents is 2. The molecule has 0 radical (unpaired) electrons. The molecule has 6 heteroatoms. The molecule has 2 aromatic rings. The van der Waals surface area contributed by atoms with Crippen molar-refractivity contribution >= 4 is 11.7 Å². The fraction of sp³-hybridized carbons (Fsp3) is 0. The molecular formula is C14H13N3O3. The van der Waals surface area contributed by atoms with Crippen molar-refractivity contribution in [3.05, 3.63) is 59.7 Å². The molecule has 0 saturated heterocycles. The molecule has 2 amide bonds. The number of rotatable bonds is 3. The highest BCUT2D eigenvalue weighted by Gasteiger charge is 2.12. The van der Waals surface area contributed by atoms with Crippen LogP contribution in [0.2, 0.25) is 0 Å². The topological polar surface area (TPSA) is 108 Å².